The van der Waals surface area contributed by atoms with Crippen LogP contribution in [0.25, 0.3) is 0 Å². The molecule has 0 radical (unpaired) electrons. The summed E-state index contributed by atoms with van der Waals surface area (Å²) in [4.78, 5) is 10.4. The number of non-ortho nitro benzene ring substituents is 1. The zero-order chi connectivity index (χ0) is 34.4. The molecular formula is C40H53N3O6+2. The number of pyridine rings is 2. The van der Waals surface area contributed by atoms with E-state index in [2.05, 4.69) is 89.4 Å². The largest absolute Gasteiger partial charge is 0.381 e. The second-order valence-corrected chi connectivity index (χ2v) is 12.4. The number of nitrogens with zero attached hydrogens (tertiary/aromatic N) is 3. The minimum atomic E-state index is -0.374. The average molecular weight is 672 g/mol. The molecule has 0 amide bonds. The Labute approximate surface area is 291 Å². The normalized spacial score (nSPS) is 11.2. The minimum absolute atomic E-state index is 0.118. The zero-order valence-electron chi connectivity index (χ0n) is 29.0. The maximum absolute atomic E-state index is 10.8. The molecule has 0 saturated carbocycles. The topological polar surface area (TPSA) is 87.8 Å². The first kappa shape index (κ1) is 37.8. The molecule has 262 valence electrons. The van der Waals surface area contributed by atoms with Gasteiger partial charge >= 0.3 is 0 Å². The van der Waals surface area contributed by atoms with Gasteiger partial charge in [0.25, 0.3) is 5.69 Å². The van der Waals surface area contributed by atoms with Gasteiger partial charge in [0.1, 0.15) is 0 Å². The van der Waals surface area contributed by atoms with Crippen molar-refractivity contribution in [1.82, 2.24) is 0 Å². The maximum Gasteiger partial charge on any atom is 0.269 e. The first-order chi connectivity index (χ1) is 24.0. The van der Waals surface area contributed by atoms with Crippen molar-refractivity contribution >= 4 is 5.69 Å². The smallest absolute Gasteiger partial charge is 0.269 e. The van der Waals surface area contributed by atoms with Crippen molar-refractivity contribution in [1.29, 1.82) is 0 Å². The average Bonchev–Trinajstić information content (AvgIpc) is 3.12. The summed E-state index contributed by atoms with van der Waals surface area (Å²) in [7, 11) is 0. The first-order valence-corrected chi connectivity index (χ1v) is 17.6. The van der Waals surface area contributed by atoms with Gasteiger partial charge in [0.15, 0.2) is 37.9 Å². The Morgan fingerprint density at radius 1 is 0.490 bits per heavy atom. The van der Waals surface area contributed by atoms with E-state index in [1.54, 1.807) is 12.1 Å². The second kappa shape index (κ2) is 22.6. The SMILES string of the molecule is Cc1ccc(Cc2cc[n+](CCCOCCCOCCCOCCCOCCC[n+]3ccc(Cc4ccc([N+](=O)[O-])cc4)cc3)cc2)cc1. The van der Waals surface area contributed by atoms with E-state index < -0.39 is 0 Å². The number of nitro benzene ring substituents is 1. The molecule has 2 aromatic heterocycles. The molecule has 4 aromatic rings. The summed E-state index contributed by atoms with van der Waals surface area (Å²) >= 11 is 0. The van der Waals surface area contributed by atoms with Crippen LogP contribution in [0.2, 0.25) is 0 Å². The van der Waals surface area contributed by atoms with Gasteiger partial charge in [-0.25, -0.2) is 9.13 Å². The van der Waals surface area contributed by atoms with Crippen molar-refractivity contribution in [2.75, 3.05) is 52.9 Å². The summed E-state index contributed by atoms with van der Waals surface area (Å²) < 4.78 is 27.3. The van der Waals surface area contributed by atoms with Crippen molar-refractivity contribution in [3.8, 4) is 0 Å². The lowest BCUT2D eigenvalue weighted by Gasteiger charge is -2.07. The monoisotopic (exact) mass is 671 g/mol. The molecule has 0 aliphatic carbocycles. The molecule has 0 spiro atoms. The van der Waals surface area contributed by atoms with Crippen LogP contribution in [0.3, 0.4) is 0 Å². The van der Waals surface area contributed by atoms with Crippen LogP contribution in [0.15, 0.2) is 97.6 Å². The molecule has 0 atom stereocenters. The highest BCUT2D eigenvalue weighted by atomic mass is 16.6. The van der Waals surface area contributed by atoms with Crippen molar-refractivity contribution in [2.45, 2.75) is 65.0 Å². The molecule has 2 heterocycles. The fourth-order valence-corrected chi connectivity index (χ4v) is 5.32. The van der Waals surface area contributed by atoms with Crippen LogP contribution in [-0.2, 0) is 44.9 Å². The lowest BCUT2D eigenvalue weighted by atomic mass is 10.0. The number of hydrogen-bond donors (Lipinski definition) is 0. The number of aryl methyl sites for hydroxylation is 3. The number of ether oxygens (including phenoxy) is 4. The second-order valence-electron chi connectivity index (χ2n) is 12.4. The number of benzene rings is 2. The first-order valence-electron chi connectivity index (χ1n) is 17.6. The van der Waals surface area contributed by atoms with Gasteiger partial charge in [-0.1, -0.05) is 42.0 Å². The summed E-state index contributed by atoms with van der Waals surface area (Å²) in [5.41, 5.74) is 6.32. The van der Waals surface area contributed by atoms with Crippen LogP contribution in [0.4, 0.5) is 5.69 Å². The highest BCUT2D eigenvalue weighted by Gasteiger charge is 2.07. The Bertz CT molecular complexity index is 1460. The lowest BCUT2D eigenvalue weighted by Crippen LogP contribution is -2.33. The molecular weight excluding hydrogens is 618 g/mol. The highest BCUT2D eigenvalue weighted by Crippen LogP contribution is 2.15. The summed E-state index contributed by atoms with van der Waals surface area (Å²) in [6.45, 7) is 9.72. The van der Waals surface area contributed by atoms with Crippen LogP contribution in [0.1, 0.15) is 59.9 Å². The van der Waals surface area contributed by atoms with Crippen molar-refractivity contribution in [3.05, 3.63) is 136 Å². The number of aromatic nitrogens is 2. The molecule has 2 aromatic carbocycles. The Hall–Kier alpha value is -4.02. The van der Waals surface area contributed by atoms with E-state index in [-0.39, 0.29) is 10.6 Å². The number of rotatable bonds is 25. The maximum atomic E-state index is 10.8. The number of nitro groups is 1. The Balaban J connectivity index is 0.873. The molecule has 9 nitrogen and oxygen atoms in total. The third-order valence-electron chi connectivity index (χ3n) is 8.15. The van der Waals surface area contributed by atoms with Crippen LogP contribution in [0, 0.1) is 17.0 Å². The Morgan fingerprint density at radius 3 is 1.18 bits per heavy atom. The van der Waals surface area contributed by atoms with E-state index in [0.717, 1.165) is 90.0 Å². The van der Waals surface area contributed by atoms with E-state index in [0.29, 0.717) is 26.4 Å². The van der Waals surface area contributed by atoms with Gasteiger partial charge in [0.05, 0.1) is 18.1 Å². The summed E-state index contributed by atoms with van der Waals surface area (Å²) in [6.07, 6.45) is 14.8. The van der Waals surface area contributed by atoms with Crippen molar-refractivity contribution < 1.29 is 33.0 Å². The number of hydrogen-bond acceptors (Lipinski definition) is 6. The molecule has 0 bridgehead atoms. The Kier molecular flexibility index (Phi) is 17.4. The van der Waals surface area contributed by atoms with Gasteiger partial charge < -0.3 is 18.9 Å². The van der Waals surface area contributed by atoms with Crippen LogP contribution >= 0.6 is 0 Å². The Morgan fingerprint density at radius 2 is 0.816 bits per heavy atom. The van der Waals surface area contributed by atoms with E-state index in [9.17, 15) is 10.1 Å². The summed E-state index contributed by atoms with van der Waals surface area (Å²) in [5.74, 6) is 0. The van der Waals surface area contributed by atoms with Crippen LogP contribution in [0.5, 0.6) is 0 Å². The highest BCUT2D eigenvalue weighted by molar-refractivity contribution is 5.35. The van der Waals surface area contributed by atoms with Gasteiger partial charge in [-0.05, 0) is 61.3 Å². The van der Waals surface area contributed by atoms with Crippen molar-refractivity contribution in [2.24, 2.45) is 0 Å². The van der Waals surface area contributed by atoms with Crippen molar-refractivity contribution in [3.63, 3.8) is 0 Å². The molecule has 0 aliphatic heterocycles. The zero-order valence-corrected chi connectivity index (χ0v) is 29.0. The molecule has 0 saturated heterocycles. The fraction of sp³-hybridized carbons (Fsp3) is 0.450. The molecule has 9 heteroatoms. The van der Waals surface area contributed by atoms with Gasteiger partial charge in [-0.3, -0.25) is 10.1 Å². The third-order valence-corrected chi connectivity index (χ3v) is 8.15. The fourth-order valence-electron chi connectivity index (χ4n) is 5.32. The van der Waals surface area contributed by atoms with Crippen LogP contribution < -0.4 is 9.13 Å². The van der Waals surface area contributed by atoms with Gasteiger partial charge in [-0.15, -0.1) is 0 Å². The van der Waals surface area contributed by atoms with E-state index in [4.69, 9.17) is 18.9 Å². The van der Waals surface area contributed by atoms with Crippen LogP contribution in [-0.4, -0.2) is 57.8 Å². The van der Waals surface area contributed by atoms with E-state index >= 15 is 0 Å². The van der Waals surface area contributed by atoms with E-state index in [1.807, 2.05) is 12.1 Å². The quantitative estimate of drug-likeness (QED) is 0.0352. The predicted molar refractivity (Wildman–Crippen MR) is 190 cm³/mol. The standard InChI is InChI=1S/C40H53N3O6/c1-35-7-9-36(10-8-35)33-38-15-21-41(22-16-38)19-2-25-46-27-4-29-48-31-6-32-49-30-5-28-47-26-3-20-42-23-17-39(18-24-42)34-37-11-13-40(14-12-37)43(44)45/h7-18,21-24H,2-6,19-20,25-34H2,1H3/q+2. The van der Waals surface area contributed by atoms with Gasteiger partial charge in [-0.2, -0.15) is 0 Å². The van der Waals surface area contributed by atoms with E-state index in [1.165, 1.54) is 22.3 Å². The van der Waals surface area contributed by atoms with Gasteiger partial charge in [0.2, 0.25) is 0 Å². The summed E-state index contributed by atoms with van der Waals surface area (Å²) in [6, 6.07) is 24.1. The lowest BCUT2D eigenvalue weighted by molar-refractivity contribution is -0.697. The predicted octanol–water partition coefficient (Wildman–Crippen LogP) is 6.38. The molecule has 49 heavy (non-hydrogen) atoms. The molecule has 0 aliphatic rings. The minimum Gasteiger partial charge on any atom is -0.381 e. The molecule has 4 rings (SSSR count). The molecule has 0 unspecified atom stereocenters. The van der Waals surface area contributed by atoms with Gasteiger partial charge in [0, 0.05) is 88.9 Å². The summed E-state index contributed by atoms with van der Waals surface area (Å²) in [5, 5.41) is 10.8. The molecule has 0 N–H and O–H groups in total. The molecule has 0 fully saturated rings. The third kappa shape index (κ3) is 15.8.